The molecule has 0 atom stereocenters. The molecule has 0 radical (unpaired) electrons. The molecule has 11 heavy (non-hydrogen) atoms. The Morgan fingerprint density at radius 3 is 2.45 bits per heavy atom. The van der Waals surface area contributed by atoms with Gasteiger partial charge < -0.3 is 5.32 Å². The third-order valence-corrected chi connectivity index (χ3v) is 1.53. The number of hydrogen-bond donors (Lipinski definition) is 1. The highest BCUT2D eigenvalue weighted by Gasteiger charge is 1.90. The molecule has 0 aliphatic carbocycles. The predicted octanol–water partition coefficient (Wildman–Crippen LogP) is 1.79. The van der Waals surface area contributed by atoms with Gasteiger partial charge in [-0.1, -0.05) is 12.1 Å². The molecule has 1 aromatic rings. The van der Waals surface area contributed by atoms with Crippen molar-refractivity contribution in [2.75, 3.05) is 12.4 Å². The molecule has 1 aromatic carbocycles. The highest BCUT2D eigenvalue weighted by atomic mass is 14.8. The second kappa shape index (κ2) is 3.62. The second-order valence-electron chi connectivity index (χ2n) is 2.28. The lowest BCUT2D eigenvalue weighted by Gasteiger charge is -1.99. The maximum Gasteiger partial charge on any atom is 0.0669 e. The molecule has 1 N–H and O–H groups in total. The Bertz CT molecular complexity index is 256. The van der Waals surface area contributed by atoms with E-state index < -0.39 is 0 Å². The second-order valence-corrected chi connectivity index (χ2v) is 2.28. The Labute approximate surface area is 66.5 Å². The summed E-state index contributed by atoms with van der Waals surface area (Å²) in [5, 5.41) is 11.4. The van der Waals surface area contributed by atoms with Crippen LogP contribution in [0.5, 0.6) is 0 Å². The van der Waals surface area contributed by atoms with E-state index in [9.17, 15) is 0 Å². The molecule has 2 nitrogen and oxygen atoms in total. The van der Waals surface area contributed by atoms with Gasteiger partial charge in [-0.3, -0.25) is 0 Å². The zero-order valence-electron chi connectivity index (χ0n) is 6.46. The van der Waals surface area contributed by atoms with Crippen LogP contribution in [0.25, 0.3) is 0 Å². The minimum atomic E-state index is 0.490. The van der Waals surface area contributed by atoms with Crippen molar-refractivity contribution in [3.8, 4) is 6.07 Å². The number of nitrogens with zero attached hydrogens (tertiary/aromatic N) is 1. The third-order valence-electron chi connectivity index (χ3n) is 1.53. The fourth-order valence-electron chi connectivity index (χ4n) is 0.881. The van der Waals surface area contributed by atoms with Crippen molar-refractivity contribution >= 4 is 5.69 Å². The zero-order chi connectivity index (χ0) is 8.10. The van der Waals surface area contributed by atoms with E-state index in [1.54, 1.807) is 0 Å². The molecule has 0 unspecified atom stereocenters. The van der Waals surface area contributed by atoms with Gasteiger partial charge in [0.1, 0.15) is 0 Å². The van der Waals surface area contributed by atoms with E-state index in [-0.39, 0.29) is 0 Å². The predicted molar refractivity (Wildman–Crippen MR) is 45.3 cm³/mol. The van der Waals surface area contributed by atoms with Crippen molar-refractivity contribution in [1.29, 1.82) is 5.26 Å². The number of benzene rings is 1. The van der Waals surface area contributed by atoms with Crippen molar-refractivity contribution in [2.24, 2.45) is 0 Å². The highest BCUT2D eigenvalue weighted by Crippen LogP contribution is 2.08. The van der Waals surface area contributed by atoms with Crippen molar-refractivity contribution in [1.82, 2.24) is 0 Å². The zero-order valence-corrected chi connectivity index (χ0v) is 6.46. The quantitative estimate of drug-likeness (QED) is 0.690. The van der Waals surface area contributed by atoms with Crippen LogP contribution < -0.4 is 5.32 Å². The Hall–Kier alpha value is -1.49. The number of hydrogen-bond acceptors (Lipinski definition) is 2. The minimum Gasteiger partial charge on any atom is -0.388 e. The van der Waals surface area contributed by atoms with Crippen molar-refractivity contribution in [3.05, 3.63) is 29.8 Å². The summed E-state index contributed by atoms with van der Waals surface area (Å²) in [4.78, 5) is 0. The Balaban J connectivity index is 2.76. The van der Waals surface area contributed by atoms with Gasteiger partial charge in [0.25, 0.3) is 0 Å². The molecule has 0 bridgehead atoms. The average molecular weight is 146 g/mol. The van der Waals surface area contributed by atoms with Crippen LogP contribution in [0.15, 0.2) is 24.3 Å². The Morgan fingerprint density at radius 2 is 2.00 bits per heavy atom. The molecule has 0 aliphatic heterocycles. The van der Waals surface area contributed by atoms with Gasteiger partial charge in [0.05, 0.1) is 12.5 Å². The first-order chi connectivity index (χ1) is 5.36. The molecule has 0 saturated heterocycles. The van der Waals surface area contributed by atoms with Crippen molar-refractivity contribution in [3.63, 3.8) is 0 Å². The van der Waals surface area contributed by atoms with Crippen LogP contribution in [0.4, 0.5) is 5.69 Å². The van der Waals surface area contributed by atoms with Gasteiger partial charge in [-0.05, 0) is 17.7 Å². The summed E-state index contributed by atoms with van der Waals surface area (Å²) in [5.41, 5.74) is 2.14. The van der Waals surface area contributed by atoms with E-state index in [1.807, 2.05) is 31.3 Å². The fourth-order valence-corrected chi connectivity index (χ4v) is 0.881. The monoisotopic (exact) mass is 146 g/mol. The SMILES string of the molecule is CNc1ccc(CC#N)cc1. The first-order valence-electron chi connectivity index (χ1n) is 3.50. The standard InChI is InChI=1S/C9H10N2/c1-11-9-4-2-8(3-5-9)6-7-10/h2-5,11H,6H2,1H3. The normalized spacial score (nSPS) is 8.73. The molecule has 0 fully saturated rings. The van der Waals surface area contributed by atoms with Gasteiger partial charge in [0, 0.05) is 12.7 Å². The number of rotatable bonds is 2. The van der Waals surface area contributed by atoms with Crippen LogP contribution in [-0.2, 0) is 6.42 Å². The van der Waals surface area contributed by atoms with Crippen LogP contribution in [-0.4, -0.2) is 7.05 Å². The molecule has 0 saturated carbocycles. The smallest absolute Gasteiger partial charge is 0.0669 e. The maximum atomic E-state index is 8.38. The lowest BCUT2D eigenvalue weighted by Crippen LogP contribution is -1.87. The Morgan fingerprint density at radius 1 is 1.36 bits per heavy atom. The van der Waals surface area contributed by atoms with Crippen LogP contribution in [0.3, 0.4) is 0 Å². The summed E-state index contributed by atoms with van der Waals surface area (Å²) in [7, 11) is 1.87. The van der Waals surface area contributed by atoms with Crippen LogP contribution in [0.2, 0.25) is 0 Å². The highest BCUT2D eigenvalue weighted by molar-refractivity contribution is 5.44. The van der Waals surface area contributed by atoms with Crippen LogP contribution in [0, 0.1) is 11.3 Å². The fraction of sp³-hybridized carbons (Fsp3) is 0.222. The molecule has 0 spiro atoms. The van der Waals surface area contributed by atoms with E-state index in [2.05, 4.69) is 11.4 Å². The van der Waals surface area contributed by atoms with Crippen LogP contribution in [0.1, 0.15) is 5.56 Å². The molecule has 0 aromatic heterocycles. The van der Waals surface area contributed by atoms with Gasteiger partial charge in [0.2, 0.25) is 0 Å². The number of nitriles is 1. The van der Waals surface area contributed by atoms with Gasteiger partial charge in [-0.2, -0.15) is 5.26 Å². The molecular formula is C9H10N2. The summed E-state index contributed by atoms with van der Waals surface area (Å²) >= 11 is 0. The van der Waals surface area contributed by atoms with Gasteiger partial charge in [0.15, 0.2) is 0 Å². The first kappa shape index (κ1) is 7.62. The van der Waals surface area contributed by atoms with Gasteiger partial charge in [-0.15, -0.1) is 0 Å². The first-order valence-corrected chi connectivity index (χ1v) is 3.50. The maximum absolute atomic E-state index is 8.38. The van der Waals surface area contributed by atoms with Crippen molar-refractivity contribution in [2.45, 2.75) is 6.42 Å². The molecule has 0 heterocycles. The minimum absolute atomic E-state index is 0.490. The summed E-state index contributed by atoms with van der Waals surface area (Å²) in [6.07, 6.45) is 0.490. The van der Waals surface area contributed by atoms with Gasteiger partial charge >= 0.3 is 0 Å². The molecule has 2 heteroatoms. The van der Waals surface area contributed by atoms with E-state index in [0.29, 0.717) is 6.42 Å². The number of anilines is 1. The molecule has 56 valence electrons. The summed E-state index contributed by atoms with van der Waals surface area (Å²) in [6, 6.07) is 9.94. The molecule has 0 aliphatic rings. The van der Waals surface area contributed by atoms with Gasteiger partial charge in [-0.25, -0.2) is 0 Å². The van der Waals surface area contributed by atoms with E-state index in [4.69, 9.17) is 5.26 Å². The summed E-state index contributed by atoms with van der Waals surface area (Å²) < 4.78 is 0. The third kappa shape index (κ3) is 1.98. The molecular weight excluding hydrogens is 136 g/mol. The van der Waals surface area contributed by atoms with E-state index in [0.717, 1.165) is 11.3 Å². The molecule has 0 amide bonds. The number of nitrogens with one attached hydrogen (secondary N) is 1. The topological polar surface area (TPSA) is 35.8 Å². The van der Waals surface area contributed by atoms with E-state index in [1.165, 1.54) is 0 Å². The lowest BCUT2D eigenvalue weighted by atomic mass is 10.1. The summed E-state index contributed by atoms with van der Waals surface area (Å²) in [6.45, 7) is 0. The largest absolute Gasteiger partial charge is 0.388 e. The van der Waals surface area contributed by atoms with E-state index >= 15 is 0 Å². The Kier molecular flexibility index (Phi) is 2.51. The van der Waals surface area contributed by atoms with Crippen molar-refractivity contribution < 1.29 is 0 Å². The molecule has 1 rings (SSSR count). The van der Waals surface area contributed by atoms with Crippen LogP contribution >= 0.6 is 0 Å². The summed E-state index contributed by atoms with van der Waals surface area (Å²) in [5.74, 6) is 0. The average Bonchev–Trinajstić information content (AvgIpc) is 2.07. The lowest BCUT2D eigenvalue weighted by molar-refractivity contribution is 1.26.